The van der Waals surface area contributed by atoms with Crippen molar-refractivity contribution in [2.75, 3.05) is 6.61 Å². The molecule has 5 nitrogen and oxygen atoms in total. The van der Waals surface area contributed by atoms with Gasteiger partial charge in [-0.15, -0.1) is 11.3 Å². The number of ether oxygens (including phenoxy) is 1. The number of aryl methyl sites for hydroxylation is 2. The zero-order valence-corrected chi connectivity index (χ0v) is 14.5. The third-order valence-electron chi connectivity index (χ3n) is 4.06. The lowest BCUT2D eigenvalue weighted by molar-refractivity contribution is -0.118. The summed E-state index contributed by atoms with van der Waals surface area (Å²) in [5.74, 6) is -1.15. The Morgan fingerprint density at radius 1 is 1.28 bits per heavy atom. The van der Waals surface area contributed by atoms with Gasteiger partial charge in [0.05, 0.1) is 0 Å². The van der Waals surface area contributed by atoms with E-state index in [2.05, 4.69) is 12.1 Å². The first-order valence-corrected chi connectivity index (χ1v) is 8.60. The lowest BCUT2D eigenvalue weighted by Crippen LogP contribution is -2.17. The van der Waals surface area contributed by atoms with Crippen molar-refractivity contribution in [3.8, 4) is 16.5 Å². The van der Waals surface area contributed by atoms with Crippen LogP contribution in [0.5, 0.6) is 0 Å². The molecule has 0 radical (unpaired) electrons. The Kier molecular flexibility index (Phi) is 4.68. The summed E-state index contributed by atoms with van der Waals surface area (Å²) in [5.41, 5.74) is 8.96. The number of Topliss-reactive ketones (excluding diaryl/α,β-unsaturated/α-hetero) is 1. The van der Waals surface area contributed by atoms with Gasteiger partial charge in [-0.05, 0) is 42.5 Å². The van der Waals surface area contributed by atoms with Gasteiger partial charge in [-0.25, -0.2) is 4.79 Å². The van der Waals surface area contributed by atoms with Crippen LogP contribution in [0.4, 0.5) is 0 Å². The molecule has 1 aromatic heterocycles. The van der Waals surface area contributed by atoms with Crippen LogP contribution in [0.25, 0.3) is 10.4 Å². The highest BCUT2D eigenvalue weighted by Gasteiger charge is 2.23. The molecule has 0 spiro atoms. The van der Waals surface area contributed by atoms with E-state index in [9.17, 15) is 9.59 Å². The molecule has 1 aliphatic rings. The molecule has 1 aromatic carbocycles. The number of esters is 1. The molecule has 0 saturated heterocycles. The van der Waals surface area contributed by atoms with Gasteiger partial charge in [0.1, 0.15) is 16.5 Å². The summed E-state index contributed by atoms with van der Waals surface area (Å²) in [4.78, 5) is 25.7. The first-order chi connectivity index (χ1) is 12.0. The van der Waals surface area contributed by atoms with Crippen LogP contribution in [0, 0.1) is 11.3 Å². The summed E-state index contributed by atoms with van der Waals surface area (Å²) in [6, 6.07) is 11.7. The highest BCUT2D eigenvalue weighted by Crippen LogP contribution is 2.39. The Bertz CT molecular complexity index is 930. The average molecular weight is 352 g/mol. The normalized spacial score (nSPS) is 13.1. The van der Waals surface area contributed by atoms with Crippen molar-refractivity contribution in [3.05, 3.63) is 57.6 Å². The zero-order chi connectivity index (χ0) is 18.0. The summed E-state index contributed by atoms with van der Waals surface area (Å²) in [6.07, 6.45) is 1.82. The first-order valence-electron chi connectivity index (χ1n) is 7.79. The molecule has 6 heteroatoms. The predicted molar refractivity (Wildman–Crippen MR) is 95.0 cm³/mol. The van der Waals surface area contributed by atoms with Crippen molar-refractivity contribution in [1.82, 2.24) is 0 Å². The van der Waals surface area contributed by atoms with Crippen molar-refractivity contribution in [1.29, 1.82) is 5.26 Å². The molecular formula is C19H16N2O3S. The van der Waals surface area contributed by atoms with E-state index in [1.54, 1.807) is 6.07 Å². The van der Waals surface area contributed by atoms with Gasteiger partial charge in [-0.2, -0.15) is 5.26 Å². The number of rotatable bonds is 4. The van der Waals surface area contributed by atoms with Crippen LogP contribution in [0.15, 0.2) is 41.6 Å². The maximum Gasteiger partial charge on any atom is 0.348 e. The smallest absolute Gasteiger partial charge is 0.348 e. The van der Waals surface area contributed by atoms with Crippen LogP contribution in [-0.4, -0.2) is 18.4 Å². The largest absolute Gasteiger partial charge is 0.453 e. The third-order valence-corrected chi connectivity index (χ3v) is 5.25. The molecule has 0 aliphatic heterocycles. The van der Waals surface area contributed by atoms with Crippen LogP contribution in [0.3, 0.4) is 0 Å². The molecule has 1 heterocycles. The molecule has 0 bridgehead atoms. The second kappa shape index (κ2) is 6.91. The molecule has 1 aliphatic carbocycles. The van der Waals surface area contributed by atoms with Crippen molar-refractivity contribution < 1.29 is 14.3 Å². The minimum Gasteiger partial charge on any atom is -0.453 e. The van der Waals surface area contributed by atoms with Gasteiger partial charge >= 0.3 is 5.97 Å². The number of ketones is 1. The van der Waals surface area contributed by atoms with Gasteiger partial charge in [0.15, 0.2) is 6.61 Å². The lowest BCUT2D eigenvalue weighted by atomic mass is 9.91. The molecule has 3 rings (SSSR count). The number of carbonyl (C=O) groups is 2. The van der Waals surface area contributed by atoms with Gasteiger partial charge in [0, 0.05) is 10.6 Å². The van der Waals surface area contributed by atoms with Crippen molar-refractivity contribution in [3.63, 3.8) is 0 Å². The number of nitrogens with zero attached hydrogens (tertiary/aromatic N) is 1. The minimum absolute atomic E-state index is 0.117. The highest BCUT2D eigenvalue weighted by molar-refractivity contribution is 7.17. The number of carbonyl (C=O) groups excluding carboxylic acids is 2. The molecule has 2 aromatic rings. The number of nitrogens with two attached hydrogens (primary N) is 1. The average Bonchev–Trinajstić information content (AvgIpc) is 3.04. The Hall–Kier alpha value is -2.91. The second-order valence-electron chi connectivity index (χ2n) is 5.79. The van der Waals surface area contributed by atoms with Crippen LogP contribution < -0.4 is 5.73 Å². The SMILES string of the molecule is C/C(N)=C(\C#N)C(=O)COC(=O)c1cc2c(s1)-c1ccccc1CC2. The van der Waals surface area contributed by atoms with E-state index in [0.717, 1.165) is 28.8 Å². The monoisotopic (exact) mass is 352 g/mol. The van der Waals surface area contributed by atoms with E-state index < -0.39 is 18.4 Å². The van der Waals surface area contributed by atoms with E-state index in [-0.39, 0.29) is 11.3 Å². The first kappa shape index (κ1) is 16.9. The summed E-state index contributed by atoms with van der Waals surface area (Å²) < 4.78 is 5.07. The molecule has 126 valence electrons. The van der Waals surface area contributed by atoms with Crippen molar-refractivity contribution in [2.24, 2.45) is 5.73 Å². The minimum atomic E-state index is -0.595. The standard InChI is InChI=1S/C19H16N2O3S/c1-11(21)15(9-20)16(22)10-24-19(23)17-8-13-7-6-12-4-2-3-5-14(12)18(13)25-17/h2-5,8H,6-7,10,21H2,1H3/b15-11-. The Labute approximate surface area is 149 Å². The maximum atomic E-state index is 12.3. The summed E-state index contributed by atoms with van der Waals surface area (Å²) in [7, 11) is 0. The number of hydrogen-bond acceptors (Lipinski definition) is 6. The van der Waals surface area contributed by atoms with Crippen molar-refractivity contribution >= 4 is 23.1 Å². The Morgan fingerprint density at radius 3 is 2.72 bits per heavy atom. The number of nitriles is 1. The van der Waals surface area contributed by atoms with E-state index in [1.807, 2.05) is 18.2 Å². The van der Waals surface area contributed by atoms with Crippen LogP contribution in [-0.2, 0) is 22.4 Å². The third kappa shape index (κ3) is 3.32. The quantitative estimate of drug-likeness (QED) is 0.519. The Balaban J connectivity index is 1.76. The van der Waals surface area contributed by atoms with Crippen molar-refractivity contribution in [2.45, 2.75) is 19.8 Å². The number of hydrogen-bond donors (Lipinski definition) is 1. The molecule has 0 atom stereocenters. The lowest BCUT2D eigenvalue weighted by Gasteiger charge is -2.15. The van der Waals surface area contributed by atoms with E-state index in [0.29, 0.717) is 4.88 Å². The van der Waals surface area contributed by atoms with E-state index in [4.69, 9.17) is 15.7 Å². The summed E-state index contributed by atoms with van der Waals surface area (Å²) >= 11 is 1.37. The summed E-state index contributed by atoms with van der Waals surface area (Å²) in [5, 5.41) is 8.91. The molecule has 0 fully saturated rings. The fraction of sp³-hybridized carbons (Fsp3) is 0.211. The van der Waals surface area contributed by atoms with E-state index in [1.165, 1.54) is 23.8 Å². The van der Waals surface area contributed by atoms with Gasteiger partial charge in [-0.1, -0.05) is 24.3 Å². The van der Waals surface area contributed by atoms with Gasteiger partial charge in [0.2, 0.25) is 5.78 Å². The van der Waals surface area contributed by atoms with Crippen LogP contribution in [0.2, 0.25) is 0 Å². The highest BCUT2D eigenvalue weighted by atomic mass is 32.1. The fourth-order valence-electron chi connectivity index (χ4n) is 2.82. The Morgan fingerprint density at radius 2 is 2.00 bits per heavy atom. The van der Waals surface area contributed by atoms with E-state index >= 15 is 0 Å². The molecular weight excluding hydrogens is 336 g/mol. The number of benzene rings is 1. The van der Waals surface area contributed by atoms with Gasteiger partial charge in [0.25, 0.3) is 0 Å². The number of fused-ring (bicyclic) bond motifs is 3. The predicted octanol–water partition coefficient (Wildman–Crippen LogP) is 3.00. The molecule has 0 unspecified atom stereocenters. The van der Waals surface area contributed by atoms with Gasteiger partial charge in [-0.3, -0.25) is 4.79 Å². The number of thiophene rings is 1. The van der Waals surface area contributed by atoms with Crippen LogP contribution >= 0.6 is 11.3 Å². The second-order valence-corrected chi connectivity index (χ2v) is 6.84. The molecule has 25 heavy (non-hydrogen) atoms. The fourth-order valence-corrected chi connectivity index (χ4v) is 3.98. The molecule has 0 amide bonds. The number of allylic oxidation sites excluding steroid dienone is 1. The van der Waals surface area contributed by atoms with Gasteiger partial charge < -0.3 is 10.5 Å². The zero-order valence-electron chi connectivity index (χ0n) is 13.7. The molecule has 0 saturated carbocycles. The summed E-state index contributed by atoms with van der Waals surface area (Å²) in [6.45, 7) is 0.971. The topological polar surface area (TPSA) is 93.2 Å². The van der Waals surface area contributed by atoms with Crippen LogP contribution in [0.1, 0.15) is 27.7 Å². The molecule has 2 N–H and O–H groups in total. The maximum absolute atomic E-state index is 12.3.